The second kappa shape index (κ2) is 5.86. The van der Waals surface area contributed by atoms with Crippen LogP contribution in [0.15, 0.2) is 12.1 Å². The Kier molecular flexibility index (Phi) is 4.19. The second-order valence-corrected chi connectivity index (χ2v) is 5.05. The van der Waals surface area contributed by atoms with E-state index in [1.165, 1.54) is 18.6 Å². The summed E-state index contributed by atoms with van der Waals surface area (Å²) >= 11 is 1.98. The maximum Gasteiger partial charge on any atom is 0.358 e. The van der Waals surface area contributed by atoms with E-state index in [4.69, 9.17) is 0 Å². The molecule has 1 aliphatic heterocycles. The summed E-state index contributed by atoms with van der Waals surface area (Å²) in [6, 6.07) is 3.86. The number of carbonyl (C=O) groups excluding carboxylic acids is 1. The van der Waals surface area contributed by atoms with Crippen molar-refractivity contribution in [2.75, 3.05) is 23.9 Å². The summed E-state index contributed by atoms with van der Waals surface area (Å²) in [6.07, 6.45) is 2.29. The number of carbonyl (C=O) groups is 1. The normalized spacial score (nSPS) is 16.5. The molecule has 0 saturated carbocycles. The maximum atomic E-state index is 11.2. The van der Waals surface area contributed by atoms with E-state index < -0.39 is 5.97 Å². The van der Waals surface area contributed by atoms with Gasteiger partial charge in [-0.1, -0.05) is 0 Å². The van der Waals surface area contributed by atoms with Gasteiger partial charge in [-0.2, -0.15) is 11.8 Å². The van der Waals surface area contributed by atoms with Crippen molar-refractivity contribution in [1.29, 1.82) is 0 Å². The highest BCUT2D eigenvalue weighted by Gasteiger charge is 2.14. The first-order chi connectivity index (χ1) is 8.29. The molecule has 0 unspecified atom stereocenters. The van der Waals surface area contributed by atoms with E-state index in [0.717, 1.165) is 18.7 Å². The van der Waals surface area contributed by atoms with Crippen LogP contribution in [0.4, 0.5) is 5.82 Å². The molecule has 2 rings (SSSR count). The Labute approximate surface area is 104 Å². The van der Waals surface area contributed by atoms with Crippen LogP contribution in [0.2, 0.25) is 0 Å². The van der Waals surface area contributed by atoms with Crippen molar-refractivity contribution in [2.24, 2.45) is 0 Å². The van der Waals surface area contributed by atoms with Crippen LogP contribution in [0, 0.1) is 0 Å². The van der Waals surface area contributed by atoms with Gasteiger partial charge in [0.15, 0.2) is 5.69 Å². The summed E-state index contributed by atoms with van der Waals surface area (Å²) in [5, 5.41) is 11.1. The molecule has 0 atom stereocenters. The molecular weight excluding hydrogens is 238 g/mol. The van der Waals surface area contributed by atoms with Crippen molar-refractivity contribution >= 4 is 23.5 Å². The van der Waals surface area contributed by atoms with Crippen LogP contribution in [0.3, 0.4) is 0 Å². The van der Waals surface area contributed by atoms with Gasteiger partial charge in [0.05, 0.1) is 7.11 Å². The van der Waals surface area contributed by atoms with E-state index in [1.807, 2.05) is 11.8 Å². The van der Waals surface area contributed by atoms with Crippen molar-refractivity contribution in [1.82, 2.24) is 10.2 Å². The Morgan fingerprint density at radius 1 is 1.41 bits per heavy atom. The summed E-state index contributed by atoms with van der Waals surface area (Å²) in [5.41, 5.74) is 0.234. The van der Waals surface area contributed by atoms with Crippen LogP contribution in [0.25, 0.3) is 0 Å². The Bertz CT molecular complexity index is 377. The first-order valence-electron chi connectivity index (χ1n) is 5.56. The molecule has 92 valence electrons. The summed E-state index contributed by atoms with van der Waals surface area (Å²) < 4.78 is 4.56. The van der Waals surface area contributed by atoms with Crippen molar-refractivity contribution < 1.29 is 9.53 Å². The fourth-order valence-corrected chi connectivity index (χ4v) is 2.78. The van der Waals surface area contributed by atoms with E-state index in [-0.39, 0.29) is 5.69 Å². The van der Waals surface area contributed by atoms with Crippen molar-refractivity contribution in [2.45, 2.75) is 18.9 Å². The lowest BCUT2D eigenvalue weighted by Gasteiger charge is -2.22. The Balaban J connectivity index is 1.95. The zero-order valence-corrected chi connectivity index (χ0v) is 10.5. The molecule has 1 N–H and O–H groups in total. The fourth-order valence-electron chi connectivity index (χ4n) is 1.67. The maximum absolute atomic E-state index is 11.2. The van der Waals surface area contributed by atoms with Gasteiger partial charge in [0.2, 0.25) is 0 Å². The van der Waals surface area contributed by atoms with E-state index in [9.17, 15) is 4.79 Å². The zero-order chi connectivity index (χ0) is 12.1. The number of hydrogen-bond donors (Lipinski definition) is 1. The third-order valence-electron chi connectivity index (χ3n) is 2.63. The molecular formula is C11H15N3O2S. The first kappa shape index (κ1) is 12.2. The number of anilines is 1. The van der Waals surface area contributed by atoms with Gasteiger partial charge >= 0.3 is 5.97 Å². The molecule has 0 aliphatic carbocycles. The van der Waals surface area contributed by atoms with Gasteiger partial charge in [-0.05, 0) is 36.5 Å². The lowest BCUT2D eigenvalue weighted by molar-refractivity contribution is 0.0593. The highest BCUT2D eigenvalue weighted by molar-refractivity contribution is 7.99. The molecule has 5 nitrogen and oxygen atoms in total. The lowest BCUT2D eigenvalue weighted by atomic mass is 10.1. The number of hydrogen-bond acceptors (Lipinski definition) is 6. The minimum atomic E-state index is -0.460. The molecule has 1 saturated heterocycles. The highest BCUT2D eigenvalue weighted by Crippen LogP contribution is 2.19. The van der Waals surface area contributed by atoms with Crippen molar-refractivity contribution in [3.63, 3.8) is 0 Å². The average Bonchev–Trinajstić information content (AvgIpc) is 2.40. The number of ether oxygens (including phenoxy) is 1. The monoisotopic (exact) mass is 253 g/mol. The summed E-state index contributed by atoms with van der Waals surface area (Å²) in [6.45, 7) is 0. The standard InChI is InChI=1S/C11H15N3O2S/c1-16-11(15)9-2-3-10(14-13-9)12-8-4-6-17-7-5-8/h2-3,8H,4-7H2,1H3,(H,12,14). The molecule has 1 fully saturated rings. The Hall–Kier alpha value is -1.30. The molecule has 1 aromatic heterocycles. The van der Waals surface area contributed by atoms with E-state index >= 15 is 0 Å². The van der Waals surface area contributed by atoms with Gasteiger partial charge in [0.25, 0.3) is 0 Å². The summed E-state index contributed by atoms with van der Waals surface area (Å²) in [7, 11) is 1.33. The molecule has 2 heterocycles. The number of aromatic nitrogens is 2. The van der Waals surface area contributed by atoms with Gasteiger partial charge < -0.3 is 10.1 Å². The molecule has 0 radical (unpaired) electrons. The number of thioether (sulfide) groups is 1. The number of esters is 1. The Morgan fingerprint density at radius 2 is 2.18 bits per heavy atom. The van der Waals surface area contributed by atoms with Crippen LogP contribution < -0.4 is 5.32 Å². The fraction of sp³-hybridized carbons (Fsp3) is 0.545. The third-order valence-corrected chi connectivity index (χ3v) is 3.68. The number of nitrogens with one attached hydrogen (secondary N) is 1. The van der Waals surface area contributed by atoms with Crippen LogP contribution in [0.1, 0.15) is 23.3 Å². The van der Waals surface area contributed by atoms with Crippen LogP contribution in [0.5, 0.6) is 0 Å². The van der Waals surface area contributed by atoms with Gasteiger partial charge in [-0.25, -0.2) is 4.79 Å². The van der Waals surface area contributed by atoms with E-state index in [1.54, 1.807) is 12.1 Å². The smallest absolute Gasteiger partial charge is 0.358 e. The molecule has 0 bridgehead atoms. The van der Waals surface area contributed by atoms with Crippen molar-refractivity contribution in [3.05, 3.63) is 17.8 Å². The minimum absolute atomic E-state index is 0.234. The average molecular weight is 253 g/mol. The number of rotatable bonds is 3. The minimum Gasteiger partial charge on any atom is -0.464 e. The van der Waals surface area contributed by atoms with Crippen molar-refractivity contribution in [3.8, 4) is 0 Å². The van der Waals surface area contributed by atoms with Gasteiger partial charge in [-0.15, -0.1) is 10.2 Å². The third kappa shape index (κ3) is 3.33. The predicted octanol–water partition coefficient (Wildman–Crippen LogP) is 1.57. The second-order valence-electron chi connectivity index (χ2n) is 3.83. The summed E-state index contributed by atoms with van der Waals surface area (Å²) in [4.78, 5) is 11.2. The summed E-state index contributed by atoms with van der Waals surface area (Å²) in [5.74, 6) is 2.63. The lowest BCUT2D eigenvalue weighted by Crippen LogP contribution is -2.25. The molecule has 1 aliphatic rings. The van der Waals surface area contributed by atoms with Crippen LogP contribution in [-0.4, -0.2) is 40.8 Å². The Morgan fingerprint density at radius 3 is 2.76 bits per heavy atom. The molecule has 1 aromatic rings. The van der Waals surface area contributed by atoms with Gasteiger partial charge in [-0.3, -0.25) is 0 Å². The highest BCUT2D eigenvalue weighted by atomic mass is 32.2. The van der Waals surface area contributed by atoms with Gasteiger partial charge in [0.1, 0.15) is 5.82 Å². The predicted molar refractivity (Wildman–Crippen MR) is 67.3 cm³/mol. The SMILES string of the molecule is COC(=O)c1ccc(NC2CCSCC2)nn1. The largest absolute Gasteiger partial charge is 0.464 e. The van der Waals surface area contributed by atoms with Crippen LogP contribution >= 0.6 is 11.8 Å². The topological polar surface area (TPSA) is 64.1 Å². The van der Waals surface area contributed by atoms with E-state index in [0.29, 0.717) is 6.04 Å². The van der Waals surface area contributed by atoms with E-state index in [2.05, 4.69) is 20.3 Å². The molecule has 0 amide bonds. The quantitative estimate of drug-likeness (QED) is 0.825. The van der Waals surface area contributed by atoms with Crippen LogP contribution in [-0.2, 0) is 4.74 Å². The number of methoxy groups -OCH3 is 1. The molecule has 0 aromatic carbocycles. The molecule has 0 spiro atoms. The first-order valence-corrected chi connectivity index (χ1v) is 6.71. The van der Waals surface area contributed by atoms with Gasteiger partial charge in [0, 0.05) is 6.04 Å². The molecule has 17 heavy (non-hydrogen) atoms. The number of nitrogens with zero attached hydrogens (tertiary/aromatic N) is 2. The molecule has 6 heteroatoms. The zero-order valence-electron chi connectivity index (χ0n) is 9.68.